The van der Waals surface area contributed by atoms with Crippen LogP contribution in [-0.4, -0.2) is 36.3 Å². The van der Waals surface area contributed by atoms with E-state index in [0.717, 1.165) is 10.6 Å². The van der Waals surface area contributed by atoms with E-state index in [1.807, 2.05) is 37.3 Å². The summed E-state index contributed by atoms with van der Waals surface area (Å²) in [5.41, 5.74) is 1.62. The summed E-state index contributed by atoms with van der Waals surface area (Å²) in [5.74, 6) is -1.09. The first-order valence-electron chi connectivity index (χ1n) is 6.67. The fourth-order valence-electron chi connectivity index (χ4n) is 2.12. The molecule has 0 atom stereocenters. The Labute approximate surface area is 130 Å². The Morgan fingerprint density at radius 2 is 1.95 bits per heavy atom. The molecule has 22 heavy (non-hydrogen) atoms. The Bertz CT molecular complexity index is 797. The number of rotatable bonds is 5. The molecule has 0 amide bonds. The van der Waals surface area contributed by atoms with Gasteiger partial charge in [-0.05, 0) is 25.3 Å². The molecule has 0 unspecified atom stereocenters. The zero-order chi connectivity index (χ0) is 15.5. The smallest absolute Gasteiger partial charge is 0.358 e. The minimum Gasteiger partial charge on any atom is -0.476 e. The van der Waals surface area contributed by atoms with E-state index >= 15 is 0 Å². The van der Waals surface area contributed by atoms with Crippen molar-refractivity contribution in [3.8, 4) is 5.13 Å². The summed E-state index contributed by atoms with van der Waals surface area (Å²) in [6.07, 6.45) is 1.21. The highest BCUT2D eigenvalue weighted by atomic mass is 32.1. The molecule has 0 spiro atoms. The van der Waals surface area contributed by atoms with Crippen molar-refractivity contribution in [2.24, 2.45) is 0 Å². The summed E-state index contributed by atoms with van der Waals surface area (Å²) >= 11 is 1.35. The second kappa shape index (κ2) is 6.02. The molecule has 8 heteroatoms. The van der Waals surface area contributed by atoms with Crippen molar-refractivity contribution in [1.82, 2.24) is 25.2 Å². The second-order valence-corrected chi connectivity index (χ2v) is 5.85. The van der Waals surface area contributed by atoms with Crippen LogP contribution in [0.15, 0.2) is 30.3 Å². The number of hydrogen-bond donors (Lipinski definition) is 1. The Morgan fingerprint density at radius 3 is 2.59 bits per heavy atom. The van der Waals surface area contributed by atoms with Gasteiger partial charge in [0, 0.05) is 0 Å². The van der Waals surface area contributed by atoms with Crippen LogP contribution >= 0.6 is 11.3 Å². The molecule has 0 radical (unpaired) electrons. The zero-order valence-electron chi connectivity index (χ0n) is 11.8. The standard InChI is InChI=1S/C14H13N5O2S/c1-9-15-17-14(22-9)19-11(12(13(20)21)16-18-19)8-7-10-5-3-2-4-6-10/h2-6H,7-8H2,1H3,(H,20,21). The molecule has 7 nitrogen and oxygen atoms in total. The van der Waals surface area contributed by atoms with E-state index in [-0.39, 0.29) is 5.69 Å². The highest BCUT2D eigenvalue weighted by molar-refractivity contribution is 7.13. The molecule has 2 aromatic heterocycles. The maximum atomic E-state index is 11.3. The van der Waals surface area contributed by atoms with Gasteiger partial charge in [-0.2, -0.15) is 4.68 Å². The predicted molar refractivity (Wildman–Crippen MR) is 80.4 cm³/mol. The topological polar surface area (TPSA) is 93.8 Å². The lowest BCUT2D eigenvalue weighted by atomic mass is 10.1. The molecule has 3 rings (SSSR count). The Hall–Kier alpha value is -2.61. The Kier molecular flexibility index (Phi) is 3.92. The van der Waals surface area contributed by atoms with Gasteiger partial charge in [0.1, 0.15) is 5.01 Å². The molecule has 1 N–H and O–H groups in total. The molecule has 0 fully saturated rings. The summed E-state index contributed by atoms with van der Waals surface area (Å²) < 4.78 is 1.47. The van der Waals surface area contributed by atoms with Crippen LogP contribution < -0.4 is 0 Å². The van der Waals surface area contributed by atoms with Gasteiger partial charge in [0.05, 0.1) is 5.69 Å². The molecule has 1 aromatic carbocycles. The zero-order valence-corrected chi connectivity index (χ0v) is 12.6. The Morgan fingerprint density at radius 1 is 1.18 bits per heavy atom. The number of hydrogen-bond acceptors (Lipinski definition) is 6. The number of benzene rings is 1. The molecule has 0 aliphatic carbocycles. The molecule has 0 saturated carbocycles. The highest BCUT2D eigenvalue weighted by Crippen LogP contribution is 2.18. The third kappa shape index (κ3) is 2.86. The highest BCUT2D eigenvalue weighted by Gasteiger charge is 2.21. The van der Waals surface area contributed by atoms with Crippen LogP contribution in [0, 0.1) is 6.92 Å². The van der Waals surface area contributed by atoms with E-state index in [1.165, 1.54) is 16.0 Å². The number of carboxylic acids is 1. The van der Waals surface area contributed by atoms with Gasteiger partial charge in [0.25, 0.3) is 0 Å². The Balaban J connectivity index is 1.93. The van der Waals surface area contributed by atoms with Crippen LogP contribution in [0.4, 0.5) is 0 Å². The number of aromatic nitrogens is 5. The number of nitrogens with zero attached hydrogens (tertiary/aromatic N) is 5. The fourth-order valence-corrected chi connectivity index (χ4v) is 2.79. The first kappa shape index (κ1) is 14.3. The average molecular weight is 315 g/mol. The van der Waals surface area contributed by atoms with E-state index in [0.29, 0.717) is 23.7 Å². The van der Waals surface area contributed by atoms with Gasteiger partial charge in [0.2, 0.25) is 5.13 Å². The maximum Gasteiger partial charge on any atom is 0.358 e. The van der Waals surface area contributed by atoms with Crippen LogP contribution in [-0.2, 0) is 12.8 Å². The lowest BCUT2D eigenvalue weighted by molar-refractivity contribution is 0.0689. The number of carboxylic acid groups (broad SMARTS) is 1. The summed E-state index contributed by atoms with van der Waals surface area (Å²) in [7, 11) is 0. The largest absolute Gasteiger partial charge is 0.476 e. The monoisotopic (exact) mass is 315 g/mol. The lowest BCUT2D eigenvalue weighted by Gasteiger charge is -2.04. The molecule has 0 aliphatic heterocycles. The number of carbonyl (C=O) groups is 1. The van der Waals surface area contributed by atoms with Gasteiger partial charge in [-0.3, -0.25) is 0 Å². The normalized spacial score (nSPS) is 10.8. The summed E-state index contributed by atoms with van der Waals surface area (Å²) in [4.78, 5) is 11.3. The summed E-state index contributed by atoms with van der Waals surface area (Å²) in [6.45, 7) is 1.83. The van der Waals surface area contributed by atoms with Crippen molar-refractivity contribution in [2.45, 2.75) is 19.8 Å². The van der Waals surface area contributed by atoms with E-state index in [4.69, 9.17) is 0 Å². The number of aromatic carboxylic acids is 1. The molecule has 0 saturated heterocycles. The van der Waals surface area contributed by atoms with E-state index in [2.05, 4.69) is 20.5 Å². The number of aryl methyl sites for hydroxylation is 2. The van der Waals surface area contributed by atoms with Crippen LogP contribution in [0.5, 0.6) is 0 Å². The fraction of sp³-hybridized carbons (Fsp3) is 0.214. The van der Waals surface area contributed by atoms with Gasteiger partial charge in [-0.15, -0.1) is 15.3 Å². The minimum atomic E-state index is -1.09. The SMILES string of the molecule is Cc1nnc(-n2nnc(C(=O)O)c2CCc2ccccc2)s1. The van der Waals surface area contributed by atoms with Crippen molar-refractivity contribution in [3.63, 3.8) is 0 Å². The van der Waals surface area contributed by atoms with Crippen molar-refractivity contribution in [2.75, 3.05) is 0 Å². The quantitative estimate of drug-likeness (QED) is 0.773. The molecule has 0 aliphatic rings. The second-order valence-electron chi connectivity index (χ2n) is 4.69. The third-order valence-corrected chi connectivity index (χ3v) is 3.97. The van der Waals surface area contributed by atoms with Crippen LogP contribution in [0.25, 0.3) is 5.13 Å². The van der Waals surface area contributed by atoms with Crippen LogP contribution in [0.1, 0.15) is 26.8 Å². The van der Waals surface area contributed by atoms with E-state index in [9.17, 15) is 9.90 Å². The van der Waals surface area contributed by atoms with E-state index < -0.39 is 5.97 Å². The van der Waals surface area contributed by atoms with Gasteiger partial charge in [-0.25, -0.2) is 4.79 Å². The first-order chi connectivity index (χ1) is 10.6. The molecule has 112 valence electrons. The predicted octanol–water partition coefficient (Wildman–Crippen LogP) is 1.91. The summed E-state index contributed by atoms with van der Waals surface area (Å²) in [6, 6.07) is 9.86. The van der Waals surface area contributed by atoms with Crippen molar-refractivity contribution in [1.29, 1.82) is 0 Å². The lowest BCUT2D eigenvalue weighted by Crippen LogP contribution is -2.08. The van der Waals surface area contributed by atoms with E-state index in [1.54, 1.807) is 0 Å². The molecule has 3 aromatic rings. The maximum absolute atomic E-state index is 11.3. The minimum absolute atomic E-state index is 0.0382. The molecular weight excluding hydrogens is 302 g/mol. The molecule has 2 heterocycles. The van der Waals surface area contributed by atoms with Gasteiger partial charge in [-0.1, -0.05) is 46.9 Å². The van der Waals surface area contributed by atoms with Gasteiger partial charge in [0.15, 0.2) is 5.69 Å². The summed E-state index contributed by atoms with van der Waals surface area (Å²) in [5, 5.41) is 26.2. The first-order valence-corrected chi connectivity index (χ1v) is 7.49. The van der Waals surface area contributed by atoms with Crippen molar-refractivity contribution in [3.05, 3.63) is 52.3 Å². The van der Waals surface area contributed by atoms with Crippen LogP contribution in [0.2, 0.25) is 0 Å². The van der Waals surface area contributed by atoms with Gasteiger partial charge < -0.3 is 5.11 Å². The molecule has 0 bridgehead atoms. The average Bonchev–Trinajstić information content (AvgIpc) is 3.12. The van der Waals surface area contributed by atoms with Crippen molar-refractivity contribution >= 4 is 17.3 Å². The third-order valence-electron chi connectivity index (χ3n) is 3.16. The van der Waals surface area contributed by atoms with Gasteiger partial charge >= 0.3 is 5.97 Å². The van der Waals surface area contributed by atoms with Crippen LogP contribution in [0.3, 0.4) is 0 Å². The molecular formula is C14H13N5O2S. The van der Waals surface area contributed by atoms with Crippen molar-refractivity contribution < 1.29 is 9.90 Å².